The van der Waals surface area contributed by atoms with Gasteiger partial charge in [0, 0.05) is 12.2 Å². The molecule has 0 aliphatic heterocycles. The van der Waals surface area contributed by atoms with E-state index in [0.717, 1.165) is 23.6 Å². The maximum atomic E-state index is 12.0. The van der Waals surface area contributed by atoms with Crippen molar-refractivity contribution in [2.24, 2.45) is 0 Å². The molecule has 0 radical (unpaired) electrons. The molecule has 1 unspecified atom stereocenters. The Morgan fingerprint density at radius 2 is 2.33 bits per heavy atom. The number of ketones is 1. The van der Waals surface area contributed by atoms with Gasteiger partial charge < -0.3 is 0 Å². The van der Waals surface area contributed by atoms with Crippen molar-refractivity contribution in [1.29, 1.82) is 0 Å². The van der Waals surface area contributed by atoms with Gasteiger partial charge in [-0.1, -0.05) is 11.4 Å². The predicted molar refractivity (Wildman–Crippen MR) is 69.9 cm³/mol. The Bertz CT molecular complexity index is 546. The lowest BCUT2D eigenvalue weighted by Crippen LogP contribution is -2.07. The fourth-order valence-corrected chi connectivity index (χ4v) is 2.23. The van der Waals surface area contributed by atoms with Crippen LogP contribution in [0.2, 0.25) is 0 Å². The highest BCUT2D eigenvalue weighted by atomic mass is 32.1. The molecule has 18 heavy (non-hydrogen) atoms. The van der Waals surface area contributed by atoms with Crippen LogP contribution in [0.4, 0.5) is 0 Å². The number of carbonyl (C=O) groups excluding carboxylic acids is 1. The summed E-state index contributed by atoms with van der Waals surface area (Å²) < 4.78 is 5.68. The van der Waals surface area contributed by atoms with E-state index >= 15 is 0 Å². The zero-order valence-electron chi connectivity index (χ0n) is 10.8. The molecule has 0 N–H and O–H groups in total. The molecule has 1 atom stereocenters. The molecule has 96 valence electrons. The number of hydrogen-bond donors (Lipinski definition) is 0. The van der Waals surface area contributed by atoms with Crippen molar-refractivity contribution in [2.45, 2.75) is 39.7 Å². The number of nitrogens with zero attached hydrogens (tertiary/aromatic N) is 4. The minimum atomic E-state index is 0.0388. The minimum Gasteiger partial charge on any atom is -0.293 e. The summed E-state index contributed by atoms with van der Waals surface area (Å²) in [5, 5.41) is 8.27. The molecule has 0 aromatic carbocycles. The minimum absolute atomic E-state index is 0.0388. The van der Waals surface area contributed by atoms with Crippen LogP contribution in [0, 0.1) is 6.92 Å². The Morgan fingerprint density at radius 1 is 1.56 bits per heavy atom. The molecular weight excluding hydrogens is 248 g/mol. The van der Waals surface area contributed by atoms with Crippen LogP contribution in [0.25, 0.3) is 0 Å². The van der Waals surface area contributed by atoms with Gasteiger partial charge in [0.1, 0.15) is 4.88 Å². The van der Waals surface area contributed by atoms with E-state index in [4.69, 9.17) is 0 Å². The first-order valence-corrected chi connectivity index (χ1v) is 6.75. The van der Waals surface area contributed by atoms with Crippen molar-refractivity contribution in [3.63, 3.8) is 0 Å². The lowest BCUT2D eigenvalue weighted by molar-refractivity contribution is 0.0995. The van der Waals surface area contributed by atoms with Crippen LogP contribution in [0.3, 0.4) is 0 Å². The molecule has 0 fully saturated rings. The second kappa shape index (κ2) is 5.39. The van der Waals surface area contributed by atoms with Crippen LogP contribution in [0.15, 0.2) is 12.3 Å². The van der Waals surface area contributed by atoms with Crippen molar-refractivity contribution < 1.29 is 4.79 Å². The van der Waals surface area contributed by atoms with Crippen molar-refractivity contribution in [3.05, 3.63) is 28.5 Å². The third-order valence-corrected chi connectivity index (χ3v) is 3.82. The fourth-order valence-electron chi connectivity index (χ4n) is 1.64. The molecule has 2 aromatic heterocycles. The molecular formula is C12H16N4OS. The largest absolute Gasteiger partial charge is 0.293 e. The quantitative estimate of drug-likeness (QED) is 0.778. The number of hydrogen-bond acceptors (Lipinski definition) is 5. The Kier molecular flexibility index (Phi) is 3.86. The van der Waals surface area contributed by atoms with Gasteiger partial charge in [-0.05, 0) is 37.9 Å². The van der Waals surface area contributed by atoms with Gasteiger partial charge in [-0.2, -0.15) is 5.10 Å². The summed E-state index contributed by atoms with van der Waals surface area (Å²) in [5.41, 5.74) is 1.50. The zero-order valence-corrected chi connectivity index (χ0v) is 11.6. The third-order valence-electron chi connectivity index (χ3n) is 2.95. The van der Waals surface area contributed by atoms with E-state index in [2.05, 4.69) is 28.5 Å². The molecule has 0 spiro atoms. The maximum Gasteiger partial charge on any atom is 0.182 e. The molecule has 0 aliphatic rings. The second-order valence-corrected chi connectivity index (χ2v) is 5.09. The molecule has 2 heterocycles. The van der Waals surface area contributed by atoms with Gasteiger partial charge in [0.05, 0.1) is 17.8 Å². The van der Waals surface area contributed by atoms with E-state index in [1.54, 1.807) is 6.92 Å². The Hall–Kier alpha value is -1.56. The van der Waals surface area contributed by atoms with E-state index in [1.165, 1.54) is 0 Å². The van der Waals surface area contributed by atoms with Gasteiger partial charge in [0.25, 0.3) is 0 Å². The van der Waals surface area contributed by atoms with Crippen molar-refractivity contribution in [1.82, 2.24) is 19.4 Å². The SMILES string of the molecule is CCC(C)n1ccc(CC(=O)c2snnc2C)n1. The average molecular weight is 264 g/mol. The zero-order chi connectivity index (χ0) is 13.1. The standard InChI is InChI=1S/C12H16N4OS/c1-4-8(2)16-6-5-10(14-16)7-11(17)12-9(3)13-15-18-12/h5-6,8H,4,7H2,1-3H3. The van der Waals surface area contributed by atoms with Crippen LogP contribution in [-0.2, 0) is 6.42 Å². The Morgan fingerprint density at radius 3 is 2.94 bits per heavy atom. The Labute approximate surface area is 110 Å². The van der Waals surface area contributed by atoms with E-state index in [9.17, 15) is 4.79 Å². The molecule has 6 heteroatoms. The van der Waals surface area contributed by atoms with Gasteiger partial charge >= 0.3 is 0 Å². The first kappa shape index (κ1) is 12.9. The number of Topliss-reactive ketones (excluding diaryl/α,β-unsaturated/α-hetero) is 1. The first-order chi connectivity index (χ1) is 8.61. The van der Waals surface area contributed by atoms with Crippen LogP contribution in [-0.4, -0.2) is 25.2 Å². The Balaban J connectivity index is 2.08. The van der Waals surface area contributed by atoms with E-state index < -0.39 is 0 Å². The van der Waals surface area contributed by atoms with Gasteiger partial charge in [-0.3, -0.25) is 9.48 Å². The number of rotatable bonds is 5. The van der Waals surface area contributed by atoms with E-state index in [-0.39, 0.29) is 5.78 Å². The average Bonchev–Trinajstić information content (AvgIpc) is 2.97. The summed E-state index contributed by atoms with van der Waals surface area (Å²) in [4.78, 5) is 12.7. The van der Waals surface area contributed by atoms with E-state index in [0.29, 0.717) is 23.0 Å². The number of carbonyl (C=O) groups is 1. The topological polar surface area (TPSA) is 60.7 Å². The van der Waals surface area contributed by atoms with Crippen molar-refractivity contribution in [3.8, 4) is 0 Å². The summed E-state index contributed by atoms with van der Waals surface area (Å²) in [6, 6.07) is 2.26. The molecule has 2 aromatic rings. The normalized spacial score (nSPS) is 12.6. The highest BCUT2D eigenvalue weighted by Gasteiger charge is 2.15. The predicted octanol–water partition coefficient (Wildman–Crippen LogP) is 2.44. The summed E-state index contributed by atoms with van der Waals surface area (Å²) in [5.74, 6) is 0.0388. The highest BCUT2D eigenvalue weighted by molar-refractivity contribution is 7.08. The number of aryl methyl sites for hydroxylation is 1. The smallest absolute Gasteiger partial charge is 0.182 e. The molecule has 2 rings (SSSR count). The summed E-state index contributed by atoms with van der Waals surface area (Å²) in [6.07, 6.45) is 3.26. The summed E-state index contributed by atoms with van der Waals surface area (Å²) in [7, 11) is 0. The third kappa shape index (κ3) is 2.64. The first-order valence-electron chi connectivity index (χ1n) is 5.98. The molecule has 0 saturated heterocycles. The van der Waals surface area contributed by atoms with Gasteiger partial charge in [-0.15, -0.1) is 5.10 Å². The molecule has 0 bridgehead atoms. The molecule has 0 amide bonds. The lowest BCUT2D eigenvalue weighted by Gasteiger charge is -2.07. The molecule has 0 aliphatic carbocycles. The van der Waals surface area contributed by atoms with Crippen LogP contribution < -0.4 is 0 Å². The summed E-state index contributed by atoms with van der Waals surface area (Å²) >= 11 is 1.15. The van der Waals surface area contributed by atoms with Gasteiger partial charge in [0.2, 0.25) is 0 Å². The maximum absolute atomic E-state index is 12.0. The number of aromatic nitrogens is 4. The van der Waals surface area contributed by atoms with Crippen LogP contribution in [0.5, 0.6) is 0 Å². The van der Waals surface area contributed by atoms with Gasteiger partial charge in [0.15, 0.2) is 5.78 Å². The fraction of sp³-hybridized carbons (Fsp3) is 0.500. The van der Waals surface area contributed by atoms with Crippen LogP contribution >= 0.6 is 11.5 Å². The van der Waals surface area contributed by atoms with Crippen LogP contribution in [0.1, 0.15) is 47.4 Å². The molecule has 0 saturated carbocycles. The summed E-state index contributed by atoms with van der Waals surface area (Å²) in [6.45, 7) is 6.02. The highest BCUT2D eigenvalue weighted by Crippen LogP contribution is 2.14. The second-order valence-electron chi connectivity index (χ2n) is 4.33. The van der Waals surface area contributed by atoms with Crippen molar-refractivity contribution >= 4 is 17.3 Å². The lowest BCUT2D eigenvalue weighted by atomic mass is 10.2. The van der Waals surface area contributed by atoms with Gasteiger partial charge in [-0.25, -0.2) is 0 Å². The van der Waals surface area contributed by atoms with Crippen molar-refractivity contribution in [2.75, 3.05) is 0 Å². The van der Waals surface area contributed by atoms with E-state index in [1.807, 2.05) is 16.9 Å². The monoisotopic (exact) mass is 264 g/mol. The molecule has 5 nitrogen and oxygen atoms in total.